The van der Waals surface area contributed by atoms with Crippen molar-refractivity contribution in [3.05, 3.63) is 11.8 Å². The van der Waals surface area contributed by atoms with Gasteiger partial charge in [-0.1, -0.05) is 25.8 Å². The van der Waals surface area contributed by atoms with E-state index in [4.69, 9.17) is 0 Å². The van der Waals surface area contributed by atoms with Crippen molar-refractivity contribution in [1.29, 1.82) is 0 Å². The van der Waals surface area contributed by atoms with Crippen LogP contribution in [-0.4, -0.2) is 42.7 Å². The monoisotopic (exact) mass is 434 g/mol. The van der Waals surface area contributed by atoms with Crippen molar-refractivity contribution in [3.8, 4) is 0 Å². The van der Waals surface area contributed by atoms with Gasteiger partial charge in [0, 0.05) is 37.7 Å². The molecule has 3 rings (SSSR count). The van der Waals surface area contributed by atoms with Crippen LogP contribution >= 0.6 is 0 Å². The number of hydrogen-bond donors (Lipinski definition) is 2. The molecular weight excluding hydrogens is 400 g/mol. The van der Waals surface area contributed by atoms with Gasteiger partial charge in [0.05, 0.1) is 5.92 Å². The summed E-state index contributed by atoms with van der Waals surface area (Å²) in [4.78, 5) is 38.4. The molecule has 0 aromatic rings. The minimum Gasteiger partial charge on any atom is -0.481 e. The Hall–Kier alpha value is -2.38. The largest absolute Gasteiger partial charge is 0.481 e. The fourth-order valence-corrected chi connectivity index (χ4v) is 4.99. The number of hydrogen-bond acceptors (Lipinski definition) is 6. The van der Waals surface area contributed by atoms with Gasteiger partial charge in [-0.25, -0.2) is 4.79 Å². The van der Waals surface area contributed by atoms with Crippen LogP contribution in [0, 0.1) is 35.5 Å². The number of carbonyl (C=O) groups excluding carboxylic acids is 2. The van der Waals surface area contributed by atoms with Gasteiger partial charge in [0.2, 0.25) is 6.79 Å². The van der Waals surface area contributed by atoms with Gasteiger partial charge in [-0.15, -0.1) is 0 Å². The van der Waals surface area contributed by atoms with Crippen molar-refractivity contribution in [2.24, 2.45) is 40.5 Å². The fourth-order valence-electron chi connectivity index (χ4n) is 4.99. The van der Waals surface area contributed by atoms with E-state index in [1.54, 1.807) is 0 Å². The molecule has 1 heterocycles. The predicted octanol–water partition coefficient (Wildman–Crippen LogP) is 3.76. The molecule has 0 radical (unpaired) electrons. The van der Waals surface area contributed by atoms with Gasteiger partial charge >= 0.3 is 18.0 Å². The van der Waals surface area contributed by atoms with Gasteiger partial charge in [-0.2, -0.15) is 0 Å². The molecule has 2 fully saturated rings. The van der Waals surface area contributed by atoms with E-state index >= 15 is 0 Å². The highest BCUT2D eigenvalue weighted by Gasteiger charge is 2.53. The van der Waals surface area contributed by atoms with E-state index in [-0.39, 0.29) is 6.54 Å². The number of carboxylic acids is 1. The quantitative estimate of drug-likeness (QED) is 0.307. The minimum atomic E-state index is -0.843. The van der Waals surface area contributed by atoms with Gasteiger partial charge in [-0.05, 0) is 49.4 Å². The SMILES string of the molecule is CC(=O)OCOC(=O)NCCCC(CC1=CC2C(C=N1)C2C1CCC(C)CC1)C(=O)O. The van der Waals surface area contributed by atoms with Crippen LogP contribution < -0.4 is 5.32 Å². The Morgan fingerprint density at radius 3 is 2.61 bits per heavy atom. The standard InChI is InChI=1S/C23H34N2O6/c1-14-5-7-16(8-6-14)21-19-11-18(25-12-20(19)21)10-17(22(27)28)4-3-9-24-23(29)31-13-30-15(2)26/h11-12,14,16-17,19-21H,3-10,13H2,1-2H3,(H,24,29)(H,27,28). The molecule has 3 aliphatic rings. The Bertz CT molecular complexity index is 726. The van der Waals surface area contributed by atoms with Crippen molar-refractivity contribution in [3.63, 3.8) is 0 Å². The lowest BCUT2D eigenvalue weighted by Crippen LogP contribution is -2.27. The van der Waals surface area contributed by atoms with E-state index in [0.717, 1.165) is 17.5 Å². The molecule has 0 spiro atoms. The molecule has 0 saturated heterocycles. The summed E-state index contributed by atoms with van der Waals surface area (Å²) in [6.07, 6.45) is 10.2. The van der Waals surface area contributed by atoms with E-state index in [2.05, 4.69) is 39.0 Å². The number of esters is 1. The van der Waals surface area contributed by atoms with Crippen molar-refractivity contribution in [2.45, 2.75) is 58.8 Å². The second-order valence-electron chi connectivity index (χ2n) is 9.18. The number of carbonyl (C=O) groups is 3. The highest BCUT2D eigenvalue weighted by molar-refractivity contribution is 5.72. The minimum absolute atomic E-state index is 0.290. The van der Waals surface area contributed by atoms with Crippen LogP contribution in [0.4, 0.5) is 4.79 Å². The molecule has 8 nitrogen and oxygen atoms in total. The maximum atomic E-state index is 11.7. The Labute approximate surface area is 183 Å². The maximum Gasteiger partial charge on any atom is 0.410 e. The second kappa shape index (κ2) is 10.8. The van der Waals surface area contributed by atoms with Gasteiger partial charge < -0.3 is 19.9 Å². The van der Waals surface area contributed by atoms with Crippen LogP contribution in [-0.2, 0) is 19.1 Å². The number of allylic oxidation sites excluding steroid dienone is 2. The Balaban J connectivity index is 1.39. The van der Waals surface area contributed by atoms with Gasteiger partial charge in [0.1, 0.15) is 0 Å². The Morgan fingerprint density at radius 1 is 1.19 bits per heavy atom. The topological polar surface area (TPSA) is 114 Å². The zero-order valence-electron chi connectivity index (χ0n) is 18.4. The summed E-state index contributed by atoms with van der Waals surface area (Å²) in [6, 6.07) is 0. The number of amides is 1. The third kappa shape index (κ3) is 6.80. The third-order valence-corrected chi connectivity index (χ3v) is 6.85. The van der Waals surface area contributed by atoms with Crippen molar-refractivity contribution >= 4 is 24.2 Å². The van der Waals surface area contributed by atoms with Crippen molar-refractivity contribution in [2.75, 3.05) is 13.3 Å². The molecule has 1 aliphatic heterocycles. The molecular formula is C23H34N2O6. The number of alkyl carbamates (subject to hydrolysis) is 1. The molecule has 0 aromatic carbocycles. The van der Waals surface area contributed by atoms with Crippen LogP contribution in [0.5, 0.6) is 0 Å². The lowest BCUT2D eigenvalue weighted by molar-refractivity contribution is -0.149. The number of ether oxygens (including phenoxy) is 2. The second-order valence-corrected chi connectivity index (χ2v) is 9.18. The summed E-state index contributed by atoms with van der Waals surface area (Å²) >= 11 is 0. The average molecular weight is 435 g/mol. The lowest BCUT2D eigenvalue weighted by Gasteiger charge is -2.26. The fraction of sp³-hybridized carbons (Fsp3) is 0.739. The number of aliphatic imine (C=N–C) groups is 1. The first-order valence-corrected chi connectivity index (χ1v) is 11.4. The summed E-state index contributed by atoms with van der Waals surface area (Å²) in [5.74, 6) is 1.50. The van der Waals surface area contributed by atoms with E-state index in [1.165, 1.54) is 32.6 Å². The van der Waals surface area contributed by atoms with Crippen LogP contribution in [0.25, 0.3) is 0 Å². The maximum absolute atomic E-state index is 11.7. The first kappa shape index (κ1) is 23.3. The van der Waals surface area contributed by atoms with E-state index in [0.29, 0.717) is 37.0 Å². The molecule has 8 heteroatoms. The zero-order valence-corrected chi connectivity index (χ0v) is 18.4. The van der Waals surface area contributed by atoms with Crippen molar-refractivity contribution < 1.29 is 29.0 Å². The molecule has 172 valence electrons. The third-order valence-electron chi connectivity index (χ3n) is 6.85. The van der Waals surface area contributed by atoms with Crippen LogP contribution in [0.2, 0.25) is 0 Å². The van der Waals surface area contributed by atoms with Gasteiger partial charge in [0.15, 0.2) is 0 Å². The van der Waals surface area contributed by atoms with Crippen molar-refractivity contribution in [1.82, 2.24) is 5.32 Å². The summed E-state index contributed by atoms with van der Waals surface area (Å²) < 4.78 is 9.19. The number of carboxylic acid groups (broad SMARTS) is 1. The number of nitrogens with one attached hydrogen (secondary N) is 1. The smallest absolute Gasteiger partial charge is 0.410 e. The highest BCUT2D eigenvalue weighted by atomic mass is 16.7. The average Bonchev–Trinajstić information content (AvgIpc) is 3.43. The lowest BCUT2D eigenvalue weighted by atomic mass is 9.79. The first-order valence-electron chi connectivity index (χ1n) is 11.4. The molecule has 2 saturated carbocycles. The first-order chi connectivity index (χ1) is 14.8. The molecule has 1 amide bonds. The van der Waals surface area contributed by atoms with E-state index in [9.17, 15) is 19.5 Å². The summed E-state index contributed by atoms with van der Waals surface area (Å²) in [6.45, 7) is 3.41. The normalized spacial score (nSPS) is 29.9. The summed E-state index contributed by atoms with van der Waals surface area (Å²) in [7, 11) is 0. The van der Waals surface area contributed by atoms with Crippen LogP contribution in [0.1, 0.15) is 58.8 Å². The number of fused-ring (bicyclic) bond motifs is 1. The summed E-state index contributed by atoms with van der Waals surface area (Å²) in [5, 5.41) is 12.1. The molecule has 2 aliphatic carbocycles. The van der Waals surface area contributed by atoms with E-state index < -0.39 is 30.7 Å². The van der Waals surface area contributed by atoms with E-state index in [1.807, 2.05) is 0 Å². The highest BCUT2D eigenvalue weighted by Crippen LogP contribution is 2.56. The molecule has 2 N–H and O–H groups in total. The number of nitrogens with zero attached hydrogens (tertiary/aromatic N) is 1. The molecule has 31 heavy (non-hydrogen) atoms. The van der Waals surface area contributed by atoms with Gasteiger partial charge in [0.25, 0.3) is 0 Å². The predicted molar refractivity (Wildman–Crippen MR) is 114 cm³/mol. The van der Waals surface area contributed by atoms with Gasteiger partial charge in [-0.3, -0.25) is 14.6 Å². The Kier molecular flexibility index (Phi) is 8.09. The zero-order chi connectivity index (χ0) is 22.4. The molecule has 0 bridgehead atoms. The molecule has 4 unspecified atom stereocenters. The summed E-state index contributed by atoms with van der Waals surface area (Å²) in [5.41, 5.74) is 0.883. The Morgan fingerprint density at radius 2 is 1.94 bits per heavy atom. The number of aliphatic carboxylic acids is 1. The van der Waals surface area contributed by atoms with Crippen LogP contribution in [0.15, 0.2) is 16.8 Å². The molecule has 4 atom stereocenters. The number of rotatable bonds is 10. The molecule has 0 aromatic heterocycles. The van der Waals surface area contributed by atoms with Crippen LogP contribution in [0.3, 0.4) is 0 Å².